The minimum Gasteiger partial charge on any atom is -0.306 e. The fraction of sp³-hybridized carbons (Fsp3) is 0.348. The molecule has 1 aromatic heterocycles. The van der Waals surface area contributed by atoms with Gasteiger partial charge in [-0.15, -0.1) is 5.10 Å². The van der Waals surface area contributed by atoms with Crippen molar-refractivity contribution in [3.8, 4) is 0 Å². The van der Waals surface area contributed by atoms with Crippen LogP contribution in [0.25, 0.3) is 0 Å². The van der Waals surface area contributed by atoms with Crippen LogP contribution in [0.2, 0.25) is 0 Å². The molecule has 2 aliphatic heterocycles. The average Bonchev–Trinajstić information content (AvgIpc) is 3.37. The first kappa shape index (κ1) is 21.6. The third kappa shape index (κ3) is 3.89. The molecular formula is C23H22FN5O3S. The van der Waals surface area contributed by atoms with Crippen molar-refractivity contribution in [2.24, 2.45) is 0 Å². The van der Waals surface area contributed by atoms with Crippen molar-refractivity contribution in [1.82, 2.24) is 14.5 Å². The maximum Gasteiger partial charge on any atom is 0.271 e. The summed E-state index contributed by atoms with van der Waals surface area (Å²) in [4.78, 5) is 28.3. The van der Waals surface area contributed by atoms with Gasteiger partial charge in [-0.05, 0) is 73.7 Å². The smallest absolute Gasteiger partial charge is 0.271 e. The molecule has 0 N–H and O–H groups in total. The maximum absolute atomic E-state index is 14.2. The standard InChI is InChI=1S/C23H22FN5O3S/c1-15-21(33-26-25-15)22(30)28-14-23(19-12-17(24)4-7-20(19)28)8-10-27(11-9-23)13-16-2-5-18(6-3-16)29(31)32/h2-7,12H,8-11,13-14H2,1H3. The SMILES string of the molecule is Cc1nnsc1C(=O)N1CC2(CCN(Cc3ccc([N+](=O)[O-])cc3)CC2)c2cc(F)ccc21. The summed E-state index contributed by atoms with van der Waals surface area (Å²) in [5.74, 6) is -0.438. The Balaban J connectivity index is 1.35. The fourth-order valence-electron chi connectivity index (χ4n) is 4.92. The van der Waals surface area contributed by atoms with Crippen LogP contribution >= 0.6 is 11.5 Å². The fourth-order valence-corrected chi connectivity index (χ4v) is 5.53. The summed E-state index contributed by atoms with van der Waals surface area (Å²) in [7, 11) is 0. The minimum absolute atomic E-state index is 0.0806. The third-order valence-corrected chi connectivity index (χ3v) is 7.55. The predicted molar refractivity (Wildman–Crippen MR) is 122 cm³/mol. The van der Waals surface area contributed by atoms with Gasteiger partial charge in [-0.25, -0.2) is 4.39 Å². The highest BCUT2D eigenvalue weighted by atomic mass is 32.1. The molecule has 10 heteroatoms. The van der Waals surface area contributed by atoms with Crippen LogP contribution in [0.1, 0.15) is 39.3 Å². The summed E-state index contributed by atoms with van der Waals surface area (Å²) in [6.07, 6.45) is 1.58. The molecule has 0 bridgehead atoms. The molecule has 0 saturated carbocycles. The predicted octanol–water partition coefficient (Wildman–Crippen LogP) is 4.09. The Morgan fingerprint density at radius 3 is 2.58 bits per heavy atom. The number of nitro benzene ring substituents is 1. The van der Waals surface area contributed by atoms with Crippen molar-refractivity contribution in [2.45, 2.75) is 31.7 Å². The number of fused-ring (bicyclic) bond motifs is 2. The van der Waals surface area contributed by atoms with Crippen LogP contribution in [-0.2, 0) is 12.0 Å². The lowest BCUT2D eigenvalue weighted by Gasteiger charge is -2.40. The number of anilines is 1. The molecule has 2 aliphatic rings. The molecule has 0 atom stereocenters. The number of carbonyl (C=O) groups is 1. The monoisotopic (exact) mass is 467 g/mol. The topological polar surface area (TPSA) is 92.5 Å². The first-order valence-corrected chi connectivity index (χ1v) is 11.5. The number of piperidine rings is 1. The molecule has 0 unspecified atom stereocenters. The number of halogens is 1. The van der Waals surface area contributed by atoms with E-state index in [0.29, 0.717) is 23.7 Å². The molecule has 5 rings (SSSR count). The van der Waals surface area contributed by atoms with Crippen molar-refractivity contribution in [3.63, 3.8) is 0 Å². The normalized spacial score (nSPS) is 17.3. The number of nitrogens with zero attached hydrogens (tertiary/aromatic N) is 5. The largest absolute Gasteiger partial charge is 0.306 e. The number of carbonyl (C=O) groups excluding carboxylic acids is 1. The second-order valence-corrected chi connectivity index (χ2v) is 9.47. The van der Waals surface area contributed by atoms with Crippen molar-refractivity contribution in [1.29, 1.82) is 0 Å². The van der Waals surface area contributed by atoms with E-state index in [2.05, 4.69) is 14.5 Å². The number of likely N-dealkylation sites (tertiary alicyclic amines) is 1. The van der Waals surface area contributed by atoms with E-state index >= 15 is 0 Å². The molecule has 1 spiro atoms. The summed E-state index contributed by atoms with van der Waals surface area (Å²) in [6.45, 7) is 4.54. The van der Waals surface area contributed by atoms with E-state index in [4.69, 9.17) is 0 Å². The van der Waals surface area contributed by atoms with Crippen LogP contribution in [0.3, 0.4) is 0 Å². The van der Waals surface area contributed by atoms with Gasteiger partial charge in [0.2, 0.25) is 0 Å². The van der Waals surface area contributed by atoms with Gasteiger partial charge < -0.3 is 4.90 Å². The molecular weight excluding hydrogens is 445 g/mol. The van der Waals surface area contributed by atoms with E-state index in [1.807, 2.05) is 0 Å². The molecule has 1 amide bonds. The number of nitro groups is 1. The Morgan fingerprint density at radius 2 is 1.94 bits per heavy atom. The molecule has 1 saturated heterocycles. The summed E-state index contributed by atoms with van der Waals surface area (Å²) < 4.78 is 18.1. The Bertz CT molecular complexity index is 1220. The van der Waals surface area contributed by atoms with Crippen molar-refractivity contribution >= 4 is 28.8 Å². The lowest BCUT2D eigenvalue weighted by molar-refractivity contribution is -0.384. The summed E-state index contributed by atoms with van der Waals surface area (Å²) in [5.41, 5.74) is 3.05. The van der Waals surface area contributed by atoms with Crippen LogP contribution in [-0.4, -0.2) is 45.0 Å². The number of hydrogen-bond donors (Lipinski definition) is 0. The minimum atomic E-state index is -0.401. The van der Waals surface area contributed by atoms with Gasteiger partial charge in [0, 0.05) is 36.3 Å². The van der Waals surface area contributed by atoms with Gasteiger partial charge in [-0.2, -0.15) is 0 Å². The Kier molecular flexibility index (Phi) is 5.41. The number of benzene rings is 2. The number of aromatic nitrogens is 2. The van der Waals surface area contributed by atoms with E-state index < -0.39 is 4.92 Å². The lowest BCUT2D eigenvalue weighted by Crippen LogP contribution is -2.45. The van der Waals surface area contributed by atoms with Gasteiger partial charge in [-0.1, -0.05) is 16.6 Å². The molecule has 3 heterocycles. The third-order valence-electron chi connectivity index (χ3n) is 6.74. The zero-order chi connectivity index (χ0) is 23.2. The highest BCUT2D eigenvalue weighted by Gasteiger charge is 2.47. The molecule has 3 aromatic rings. The summed E-state index contributed by atoms with van der Waals surface area (Å²) in [6, 6.07) is 11.3. The molecule has 33 heavy (non-hydrogen) atoms. The molecule has 170 valence electrons. The van der Waals surface area contributed by atoms with Crippen molar-refractivity contribution < 1.29 is 14.1 Å². The molecule has 8 nitrogen and oxygen atoms in total. The number of non-ortho nitro benzene ring substituents is 1. The van der Waals surface area contributed by atoms with Gasteiger partial charge in [-0.3, -0.25) is 19.8 Å². The van der Waals surface area contributed by atoms with E-state index in [9.17, 15) is 19.3 Å². The lowest BCUT2D eigenvalue weighted by atomic mass is 9.74. The molecule has 0 aliphatic carbocycles. The van der Waals surface area contributed by atoms with Crippen molar-refractivity contribution in [2.75, 3.05) is 24.5 Å². The Labute approximate surface area is 194 Å². The van der Waals surface area contributed by atoms with E-state index in [0.717, 1.165) is 54.3 Å². The number of hydrogen-bond acceptors (Lipinski definition) is 7. The zero-order valence-electron chi connectivity index (χ0n) is 18.0. The van der Waals surface area contributed by atoms with Gasteiger partial charge in [0.25, 0.3) is 11.6 Å². The van der Waals surface area contributed by atoms with E-state index in [1.54, 1.807) is 36.1 Å². The molecule has 0 radical (unpaired) electrons. The zero-order valence-corrected chi connectivity index (χ0v) is 18.8. The number of aryl methyl sites for hydroxylation is 1. The van der Waals surface area contributed by atoms with Crippen LogP contribution < -0.4 is 4.90 Å². The first-order chi connectivity index (χ1) is 15.9. The number of rotatable bonds is 4. The highest BCUT2D eigenvalue weighted by molar-refractivity contribution is 7.08. The van der Waals surface area contributed by atoms with Gasteiger partial charge in [0.05, 0.1) is 10.6 Å². The summed E-state index contributed by atoms with van der Waals surface area (Å²) in [5, 5.41) is 14.8. The Hall–Kier alpha value is -3.24. The second kappa shape index (κ2) is 8.27. The maximum atomic E-state index is 14.2. The average molecular weight is 468 g/mol. The number of amides is 1. The van der Waals surface area contributed by atoms with E-state index in [-0.39, 0.29) is 22.8 Å². The van der Waals surface area contributed by atoms with Crippen LogP contribution in [0.5, 0.6) is 0 Å². The highest BCUT2D eigenvalue weighted by Crippen LogP contribution is 2.48. The van der Waals surface area contributed by atoms with Crippen molar-refractivity contribution in [3.05, 3.63) is 80.1 Å². The van der Waals surface area contributed by atoms with E-state index in [1.165, 1.54) is 18.2 Å². The Morgan fingerprint density at radius 1 is 1.21 bits per heavy atom. The summed E-state index contributed by atoms with van der Waals surface area (Å²) >= 11 is 1.08. The molecule has 2 aromatic carbocycles. The van der Waals surface area contributed by atoms with Crippen LogP contribution in [0, 0.1) is 22.9 Å². The quantitative estimate of drug-likeness (QED) is 0.424. The van der Waals surface area contributed by atoms with Gasteiger partial charge in [0.15, 0.2) is 0 Å². The van der Waals surface area contributed by atoms with Gasteiger partial charge >= 0.3 is 0 Å². The second-order valence-electron chi connectivity index (χ2n) is 8.72. The van der Waals surface area contributed by atoms with Gasteiger partial charge in [0.1, 0.15) is 10.7 Å². The van der Waals surface area contributed by atoms with Crippen LogP contribution in [0.4, 0.5) is 15.8 Å². The first-order valence-electron chi connectivity index (χ1n) is 10.7. The molecule has 1 fully saturated rings. The van der Waals surface area contributed by atoms with Crippen LogP contribution in [0.15, 0.2) is 42.5 Å².